The van der Waals surface area contributed by atoms with Crippen molar-refractivity contribution in [3.05, 3.63) is 29.3 Å². The Morgan fingerprint density at radius 3 is 2.83 bits per heavy atom. The van der Waals surface area contributed by atoms with Gasteiger partial charge in [-0.1, -0.05) is 30.7 Å². The lowest BCUT2D eigenvalue weighted by Crippen LogP contribution is -2.36. The maximum Gasteiger partial charge on any atom is 0.0763 e. The van der Waals surface area contributed by atoms with Crippen molar-refractivity contribution >= 4 is 46.9 Å². The van der Waals surface area contributed by atoms with E-state index in [9.17, 15) is 5.11 Å². The van der Waals surface area contributed by atoms with Gasteiger partial charge < -0.3 is 5.11 Å². The van der Waals surface area contributed by atoms with E-state index in [2.05, 4.69) is 6.92 Å². The average molecular weight is 321 g/mol. The highest BCUT2D eigenvalue weighted by molar-refractivity contribution is 8.07. The van der Waals surface area contributed by atoms with E-state index in [-0.39, 0.29) is 6.10 Å². The van der Waals surface area contributed by atoms with Crippen LogP contribution < -0.4 is 0 Å². The number of aliphatic hydroxyl groups is 1. The zero-order valence-corrected chi connectivity index (χ0v) is 13.4. The maximum atomic E-state index is 10.3. The first-order valence-corrected chi connectivity index (χ1v) is 9.43. The fourth-order valence-corrected chi connectivity index (χ4v) is 6.11. The number of thioether (sulfide) groups is 3. The van der Waals surface area contributed by atoms with Crippen LogP contribution in [0, 0.1) is 0 Å². The molecule has 0 amide bonds. The Bertz CT molecular complexity index is 388. The zero-order chi connectivity index (χ0) is 13.0. The molecule has 1 aromatic carbocycles. The summed E-state index contributed by atoms with van der Waals surface area (Å²) in [5.74, 6) is 3.06. The van der Waals surface area contributed by atoms with Crippen LogP contribution in [0.5, 0.6) is 0 Å². The highest BCUT2D eigenvalue weighted by Gasteiger charge is 2.29. The Morgan fingerprint density at radius 2 is 2.11 bits per heavy atom. The Hall–Kier alpha value is 0.520. The normalized spacial score (nSPS) is 25.9. The van der Waals surface area contributed by atoms with Gasteiger partial charge in [0.2, 0.25) is 0 Å². The van der Waals surface area contributed by atoms with E-state index in [1.54, 1.807) is 11.8 Å². The molecule has 100 valence electrons. The number of aliphatic hydroxyl groups excluding tert-OH is 1. The lowest BCUT2D eigenvalue weighted by atomic mass is 10.2. The van der Waals surface area contributed by atoms with Crippen molar-refractivity contribution < 1.29 is 5.11 Å². The summed E-state index contributed by atoms with van der Waals surface area (Å²) in [5, 5.41) is 11.9. The van der Waals surface area contributed by atoms with Gasteiger partial charge in [-0.25, -0.2) is 0 Å². The number of hydrogen-bond donors (Lipinski definition) is 1. The molecule has 0 aromatic heterocycles. The molecule has 1 nitrogen and oxygen atoms in total. The Balaban J connectivity index is 1.88. The van der Waals surface area contributed by atoms with Crippen LogP contribution >= 0.6 is 46.9 Å². The van der Waals surface area contributed by atoms with Gasteiger partial charge in [0, 0.05) is 32.7 Å². The van der Waals surface area contributed by atoms with Crippen molar-refractivity contribution in [2.24, 2.45) is 0 Å². The summed E-state index contributed by atoms with van der Waals surface area (Å²) < 4.78 is 0. The van der Waals surface area contributed by atoms with Crippen LogP contribution in [0.3, 0.4) is 0 Å². The highest BCUT2D eigenvalue weighted by atomic mass is 35.5. The van der Waals surface area contributed by atoms with E-state index in [4.69, 9.17) is 11.6 Å². The van der Waals surface area contributed by atoms with Crippen molar-refractivity contribution in [1.82, 2.24) is 0 Å². The third-order valence-corrected chi connectivity index (χ3v) is 7.72. The fourth-order valence-electron chi connectivity index (χ4n) is 1.90. The second-order valence-electron chi connectivity index (χ2n) is 4.22. The molecule has 1 N–H and O–H groups in total. The van der Waals surface area contributed by atoms with Gasteiger partial charge in [-0.15, -0.1) is 11.8 Å². The van der Waals surface area contributed by atoms with Gasteiger partial charge in [0.1, 0.15) is 0 Å². The van der Waals surface area contributed by atoms with E-state index in [1.165, 1.54) is 5.75 Å². The van der Waals surface area contributed by atoms with Crippen LogP contribution in [-0.4, -0.2) is 39.0 Å². The molecule has 1 saturated heterocycles. The van der Waals surface area contributed by atoms with E-state index in [1.807, 2.05) is 47.8 Å². The summed E-state index contributed by atoms with van der Waals surface area (Å²) in [6.07, 6.45) is -0.265. The third-order valence-electron chi connectivity index (χ3n) is 2.86. The Labute approximate surface area is 126 Å². The van der Waals surface area contributed by atoms with Crippen molar-refractivity contribution in [3.63, 3.8) is 0 Å². The average Bonchev–Trinajstić information content (AvgIpc) is 2.38. The number of hydrogen-bond acceptors (Lipinski definition) is 4. The minimum Gasteiger partial charge on any atom is -0.391 e. The molecule has 18 heavy (non-hydrogen) atoms. The predicted octanol–water partition coefficient (Wildman–Crippen LogP) is 4.03. The molecule has 1 heterocycles. The van der Waals surface area contributed by atoms with Crippen molar-refractivity contribution in [2.75, 3.05) is 17.3 Å². The van der Waals surface area contributed by atoms with Crippen molar-refractivity contribution in [2.45, 2.75) is 28.4 Å². The lowest BCUT2D eigenvalue weighted by Gasteiger charge is -2.31. The topological polar surface area (TPSA) is 20.2 Å². The summed E-state index contributed by atoms with van der Waals surface area (Å²) >= 11 is 11.6. The number of rotatable bonds is 4. The highest BCUT2D eigenvalue weighted by Crippen LogP contribution is 2.35. The monoisotopic (exact) mass is 320 g/mol. The molecule has 5 heteroatoms. The molecule has 1 aromatic rings. The lowest BCUT2D eigenvalue weighted by molar-refractivity contribution is 0.195. The molecule has 1 fully saturated rings. The summed E-state index contributed by atoms with van der Waals surface area (Å²) in [6.45, 7) is 2.21. The molecule has 0 bridgehead atoms. The molecule has 1 aliphatic rings. The number of benzene rings is 1. The van der Waals surface area contributed by atoms with Gasteiger partial charge in [0.05, 0.1) is 11.1 Å². The molecule has 0 spiro atoms. The quantitative estimate of drug-likeness (QED) is 0.845. The molecule has 0 aliphatic carbocycles. The van der Waals surface area contributed by atoms with E-state index < -0.39 is 0 Å². The second-order valence-corrected chi connectivity index (χ2v) is 8.46. The SMILES string of the molecule is CC1SCCSC1C(O)CSc1ccccc1Cl. The standard InChI is InChI=1S/C13H17ClOS3/c1-9-13(17-7-6-16-9)11(15)8-18-12-5-3-2-4-10(12)14/h2-5,9,11,13,15H,6-8H2,1H3. The van der Waals surface area contributed by atoms with Crippen molar-refractivity contribution in [1.29, 1.82) is 0 Å². The van der Waals surface area contributed by atoms with Gasteiger partial charge in [0.15, 0.2) is 0 Å². The molecule has 1 aliphatic heterocycles. The zero-order valence-electron chi connectivity index (χ0n) is 10.2. The fraction of sp³-hybridized carbons (Fsp3) is 0.538. The van der Waals surface area contributed by atoms with Crippen LogP contribution in [0.15, 0.2) is 29.2 Å². The molecule has 2 rings (SSSR count). The van der Waals surface area contributed by atoms with E-state index in [0.717, 1.165) is 15.7 Å². The summed E-state index contributed by atoms with van der Waals surface area (Å²) in [7, 11) is 0. The largest absolute Gasteiger partial charge is 0.391 e. The van der Waals surface area contributed by atoms with Crippen LogP contribution in [-0.2, 0) is 0 Å². The van der Waals surface area contributed by atoms with Crippen LogP contribution in [0.25, 0.3) is 0 Å². The summed E-state index contributed by atoms with van der Waals surface area (Å²) in [5.41, 5.74) is 0. The summed E-state index contributed by atoms with van der Waals surface area (Å²) in [4.78, 5) is 1.05. The van der Waals surface area contributed by atoms with Crippen LogP contribution in [0.1, 0.15) is 6.92 Å². The minimum absolute atomic E-state index is 0.265. The molecule has 3 unspecified atom stereocenters. The van der Waals surface area contributed by atoms with Crippen LogP contribution in [0.2, 0.25) is 5.02 Å². The van der Waals surface area contributed by atoms with Crippen LogP contribution in [0.4, 0.5) is 0 Å². The molecule has 0 saturated carbocycles. The van der Waals surface area contributed by atoms with E-state index in [0.29, 0.717) is 16.3 Å². The van der Waals surface area contributed by atoms with E-state index >= 15 is 0 Å². The molecule has 0 radical (unpaired) electrons. The number of halogens is 1. The molecular weight excluding hydrogens is 304 g/mol. The molecular formula is C13H17ClOS3. The van der Waals surface area contributed by atoms with Gasteiger partial charge in [-0.2, -0.15) is 23.5 Å². The first-order valence-electron chi connectivity index (χ1n) is 5.97. The first-order chi connectivity index (χ1) is 8.68. The Kier molecular flexibility index (Phi) is 6.09. The Morgan fingerprint density at radius 1 is 1.39 bits per heavy atom. The molecule has 3 atom stereocenters. The third kappa shape index (κ3) is 4.01. The van der Waals surface area contributed by atoms with Gasteiger partial charge >= 0.3 is 0 Å². The smallest absolute Gasteiger partial charge is 0.0763 e. The van der Waals surface area contributed by atoms with Gasteiger partial charge in [0.25, 0.3) is 0 Å². The second kappa shape index (κ2) is 7.34. The summed E-state index contributed by atoms with van der Waals surface area (Å²) in [6, 6.07) is 7.81. The minimum atomic E-state index is -0.265. The first kappa shape index (κ1) is 14.9. The van der Waals surface area contributed by atoms with Gasteiger partial charge in [-0.3, -0.25) is 0 Å². The predicted molar refractivity (Wildman–Crippen MR) is 86.3 cm³/mol. The maximum absolute atomic E-state index is 10.3. The van der Waals surface area contributed by atoms with Crippen molar-refractivity contribution in [3.8, 4) is 0 Å². The van der Waals surface area contributed by atoms with Gasteiger partial charge in [-0.05, 0) is 12.1 Å².